The van der Waals surface area contributed by atoms with Gasteiger partial charge in [-0.3, -0.25) is 0 Å². The maximum atomic E-state index is 5.23. The Hall–Kier alpha value is -2.97. The second-order valence-corrected chi connectivity index (χ2v) is 7.37. The minimum Gasteiger partial charge on any atom is -0.481 e. The van der Waals surface area contributed by atoms with Crippen molar-refractivity contribution in [3.63, 3.8) is 0 Å². The van der Waals surface area contributed by atoms with Gasteiger partial charge >= 0.3 is 0 Å². The summed E-state index contributed by atoms with van der Waals surface area (Å²) in [5.74, 6) is 3.79. The van der Waals surface area contributed by atoms with Crippen LogP contribution in [0.3, 0.4) is 0 Å². The number of rotatable bonds is 4. The van der Waals surface area contributed by atoms with Crippen molar-refractivity contribution in [3.05, 3.63) is 30.2 Å². The van der Waals surface area contributed by atoms with E-state index in [1.165, 1.54) is 19.3 Å². The normalized spacial score (nSPS) is 18.2. The van der Waals surface area contributed by atoms with Gasteiger partial charge in [0.1, 0.15) is 5.82 Å². The molecule has 1 saturated heterocycles. The van der Waals surface area contributed by atoms with Gasteiger partial charge in [-0.2, -0.15) is 9.50 Å². The van der Waals surface area contributed by atoms with Gasteiger partial charge in [-0.15, -0.1) is 15.3 Å². The van der Waals surface area contributed by atoms with E-state index in [0.717, 1.165) is 55.8 Å². The molecule has 0 unspecified atom stereocenters. The molecule has 28 heavy (non-hydrogen) atoms. The first-order valence-corrected chi connectivity index (χ1v) is 9.91. The van der Waals surface area contributed by atoms with Crippen LogP contribution in [-0.2, 0) is 0 Å². The standard InChI is InChI=1S/C19H24N8O/c1-28-17-8-9-20-19(21-17)26-11-3-10-25(12-13-26)16-7-6-15-22-23-18(27(15)24-16)14-4-2-5-14/h6-9,14H,2-5,10-13H2,1H3. The monoisotopic (exact) mass is 380 g/mol. The summed E-state index contributed by atoms with van der Waals surface area (Å²) in [7, 11) is 1.63. The molecule has 2 aliphatic rings. The average Bonchev–Trinajstić information content (AvgIpc) is 2.94. The van der Waals surface area contributed by atoms with Crippen molar-refractivity contribution in [2.45, 2.75) is 31.6 Å². The van der Waals surface area contributed by atoms with E-state index >= 15 is 0 Å². The predicted molar refractivity (Wildman–Crippen MR) is 105 cm³/mol. The van der Waals surface area contributed by atoms with Crippen LogP contribution in [0.25, 0.3) is 5.65 Å². The summed E-state index contributed by atoms with van der Waals surface area (Å²) in [5, 5.41) is 13.6. The molecule has 1 aliphatic heterocycles. The topological polar surface area (TPSA) is 84.6 Å². The first-order valence-electron chi connectivity index (χ1n) is 9.91. The van der Waals surface area contributed by atoms with E-state index in [1.54, 1.807) is 19.4 Å². The molecule has 3 aromatic heterocycles. The Balaban J connectivity index is 1.35. The second-order valence-electron chi connectivity index (χ2n) is 7.37. The Morgan fingerprint density at radius 2 is 1.82 bits per heavy atom. The van der Waals surface area contributed by atoms with E-state index in [9.17, 15) is 0 Å². The molecule has 0 atom stereocenters. The van der Waals surface area contributed by atoms with Crippen LogP contribution in [0.2, 0.25) is 0 Å². The van der Waals surface area contributed by atoms with Crippen LogP contribution >= 0.6 is 0 Å². The fourth-order valence-electron chi connectivity index (χ4n) is 3.83. The summed E-state index contributed by atoms with van der Waals surface area (Å²) in [6, 6.07) is 5.84. The van der Waals surface area contributed by atoms with Crippen LogP contribution in [0.4, 0.5) is 11.8 Å². The van der Waals surface area contributed by atoms with Gasteiger partial charge in [0.25, 0.3) is 0 Å². The summed E-state index contributed by atoms with van der Waals surface area (Å²) in [4.78, 5) is 13.4. The molecule has 0 bridgehead atoms. The zero-order chi connectivity index (χ0) is 18.9. The van der Waals surface area contributed by atoms with Crippen LogP contribution in [0, 0.1) is 0 Å². The minimum atomic E-state index is 0.502. The van der Waals surface area contributed by atoms with Gasteiger partial charge in [0, 0.05) is 44.4 Å². The molecule has 2 fully saturated rings. The number of methoxy groups -OCH3 is 1. The Morgan fingerprint density at radius 1 is 0.964 bits per heavy atom. The van der Waals surface area contributed by atoms with Gasteiger partial charge in [0.2, 0.25) is 11.8 Å². The highest BCUT2D eigenvalue weighted by atomic mass is 16.5. The first-order chi connectivity index (χ1) is 13.8. The summed E-state index contributed by atoms with van der Waals surface area (Å²) in [6.45, 7) is 3.55. The largest absolute Gasteiger partial charge is 0.481 e. The predicted octanol–water partition coefficient (Wildman–Crippen LogP) is 1.91. The van der Waals surface area contributed by atoms with Crippen molar-refractivity contribution in [1.29, 1.82) is 0 Å². The minimum absolute atomic E-state index is 0.502. The van der Waals surface area contributed by atoms with Crippen LogP contribution < -0.4 is 14.5 Å². The third-order valence-electron chi connectivity index (χ3n) is 5.67. The van der Waals surface area contributed by atoms with Crippen molar-refractivity contribution in [1.82, 2.24) is 29.8 Å². The molecule has 0 amide bonds. The number of ether oxygens (including phenoxy) is 1. The molecule has 0 spiro atoms. The summed E-state index contributed by atoms with van der Waals surface area (Å²) in [6.07, 6.45) is 6.40. The molecule has 1 aliphatic carbocycles. The van der Waals surface area contributed by atoms with E-state index in [0.29, 0.717) is 11.8 Å². The smallest absolute Gasteiger partial charge is 0.228 e. The lowest BCUT2D eigenvalue weighted by molar-refractivity contribution is 0.395. The Labute approximate surface area is 163 Å². The molecular formula is C19H24N8O. The van der Waals surface area contributed by atoms with E-state index < -0.39 is 0 Å². The quantitative estimate of drug-likeness (QED) is 0.679. The van der Waals surface area contributed by atoms with Crippen molar-refractivity contribution in [2.75, 3.05) is 43.1 Å². The maximum absolute atomic E-state index is 5.23. The molecule has 146 valence electrons. The Morgan fingerprint density at radius 3 is 2.64 bits per heavy atom. The fourth-order valence-corrected chi connectivity index (χ4v) is 3.83. The molecule has 0 radical (unpaired) electrons. The first kappa shape index (κ1) is 17.2. The highest BCUT2D eigenvalue weighted by Gasteiger charge is 2.26. The highest BCUT2D eigenvalue weighted by molar-refractivity contribution is 5.47. The van der Waals surface area contributed by atoms with Crippen molar-refractivity contribution >= 4 is 17.4 Å². The van der Waals surface area contributed by atoms with Crippen LogP contribution in [0.5, 0.6) is 5.88 Å². The van der Waals surface area contributed by atoms with E-state index in [4.69, 9.17) is 9.84 Å². The van der Waals surface area contributed by atoms with Gasteiger partial charge in [0.15, 0.2) is 11.5 Å². The molecular weight excluding hydrogens is 356 g/mol. The third-order valence-corrected chi connectivity index (χ3v) is 5.67. The number of fused-ring (bicyclic) bond motifs is 1. The van der Waals surface area contributed by atoms with E-state index in [-0.39, 0.29) is 0 Å². The fraction of sp³-hybridized carbons (Fsp3) is 0.526. The van der Waals surface area contributed by atoms with Gasteiger partial charge in [-0.1, -0.05) is 6.42 Å². The lowest BCUT2D eigenvalue weighted by Crippen LogP contribution is -2.32. The SMILES string of the molecule is COc1ccnc(N2CCCN(c3ccc4nnc(C5CCC5)n4n3)CC2)n1. The molecule has 1 saturated carbocycles. The number of hydrogen-bond donors (Lipinski definition) is 0. The number of anilines is 2. The number of nitrogens with zero attached hydrogens (tertiary/aromatic N) is 8. The number of aromatic nitrogens is 6. The van der Waals surface area contributed by atoms with E-state index in [2.05, 4.69) is 30.0 Å². The van der Waals surface area contributed by atoms with Gasteiger partial charge < -0.3 is 14.5 Å². The van der Waals surface area contributed by atoms with Crippen LogP contribution in [0.1, 0.15) is 37.4 Å². The second kappa shape index (κ2) is 7.21. The Kier molecular flexibility index (Phi) is 4.42. The van der Waals surface area contributed by atoms with Crippen LogP contribution in [0.15, 0.2) is 24.4 Å². The molecule has 9 heteroatoms. The summed E-state index contributed by atoms with van der Waals surface area (Å²) < 4.78 is 7.17. The highest BCUT2D eigenvalue weighted by Crippen LogP contribution is 2.35. The molecule has 3 aromatic rings. The molecule has 0 N–H and O–H groups in total. The zero-order valence-electron chi connectivity index (χ0n) is 16.0. The lowest BCUT2D eigenvalue weighted by Gasteiger charge is -2.24. The van der Waals surface area contributed by atoms with Gasteiger partial charge in [-0.25, -0.2) is 4.98 Å². The van der Waals surface area contributed by atoms with Crippen molar-refractivity contribution in [3.8, 4) is 5.88 Å². The van der Waals surface area contributed by atoms with Gasteiger partial charge in [0.05, 0.1) is 7.11 Å². The lowest BCUT2D eigenvalue weighted by atomic mass is 9.85. The molecule has 5 rings (SSSR count). The molecule has 9 nitrogen and oxygen atoms in total. The summed E-state index contributed by atoms with van der Waals surface area (Å²) in [5.41, 5.74) is 0.826. The van der Waals surface area contributed by atoms with Crippen molar-refractivity contribution < 1.29 is 4.74 Å². The molecule has 0 aromatic carbocycles. The Bertz CT molecular complexity index is 969. The number of hydrogen-bond acceptors (Lipinski definition) is 8. The maximum Gasteiger partial charge on any atom is 0.228 e. The summed E-state index contributed by atoms with van der Waals surface area (Å²) >= 11 is 0. The van der Waals surface area contributed by atoms with Gasteiger partial charge in [-0.05, 0) is 31.4 Å². The molecule has 4 heterocycles. The van der Waals surface area contributed by atoms with Crippen molar-refractivity contribution in [2.24, 2.45) is 0 Å². The zero-order valence-corrected chi connectivity index (χ0v) is 16.0. The third kappa shape index (κ3) is 3.10. The van der Waals surface area contributed by atoms with Crippen LogP contribution in [-0.4, -0.2) is 63.1 Å². The van der Waals surface area contributed by atoms with E-state index in [1.807, 2.05) is 16.6 Å². The average molecular weight is 380 g/mol.